The Kier molecular flexibility index (Phi) is 4.12. The molecule has 0 fully saturated rings. The Labute approximate surface area is 89.6 Å². The summed E-state index contributed by atoms with van der Waals surface area (Å²) in [7, 11) is 1.39. The van der Waals surface area contributed by atoms with Crippen LogP contribution in [0.2, 0.25) is 0 Å². The van der Waals surface area contributed by atoms with E-state index in [0.717, 1.165) is 5.69 Å². The molecule has 1 rings (SSSR count). The highest BCUT2D eigenvalue weighted by molar-refractivity contribution is 5.88. The first-order valence-electron chi connectivity index (χ1n) is 4.83. The molecule has 0 bridgehead atoms. The lowest BCUT2D eigenvalue weighted by molar-refractivity contribution is 0.114. The van der Waals surface area contributed by atoms with Gasteiger partial charge in [-0.2, -0.15) is 0 Å². The van der Waals surface area contributed by atoms with Gasteiger partial charge < -0.3 is 5.32 Å². The molecule has 0 aliphatic rings. The van der Waals surface area contributed by atoms with Crippen LogP contribution in [0.4, 0.5) is 10.5 Å². The highest BCUT2D eigenvalue weighted by Gasteiger charge is 2.03. The minimum Gasteiger partial charge on any atom is -0.306 e. The standard InChI is InChI=1S/C11H16N2O2/c1-8(2)9-5-4-6-10(7-9)12-11(14)13-15-3/h4-8H,1-3H3,(H2,12,13,14). The Bertz CT molecular complexity index is 337. The number of nitrogens with one attached hydrogen (secondary N) is 2. The third-order valence-electron chi connectivity index (χ3n) is 2.01. The first-order valence-corrected chi connectivity index (χ1v) is 4.83. The quantitative estimate of drug-likeness (QED) is 0.750. The van der Waals surface area contributed by atoms with Gasteiger partial charge in [-0.25, -0.2) is 10.3 Å². The number of hydrogen-bond donors (Lipinski definition) is 2. The fraction of sp³-hybridized carbons (Fsp3) is 0.364. The summed E-state index contributed by atoms with van der Waals surface area (Å²) in [5.74, 6) is 0.442. The maximum Gasteiger partial charge on any atom is 0.343 e. The molecule has 82 valence electrons. The minimum atomic E-state index is -0.376. The lowest BCUT2D eigenvalue weighted by Gasteiger charge is -2.09. The number of rotatable bonds is 3. The summed E-state index contributed by atoms with van der Waals surface area (Å²) in [4.78, 5) is 15.6. The number of urea groups is 1. The molecule has 0 radical (unpaired) electrons. The molecule has 0 spiro atoms. The number of benzene rings is 1. The third kappa shape index (κ3) is 3.59. The second kappa shape index (κ2) is 5.36. The number of carbonyl (C=O) groups is 1. The van der Waals surface area contributed by atoms with Crippen molar-refractivity contribution >= 4 is 11.7 Å². The molecule has 0 saturated heterocycles. The van der Waals surface area contributed by atoms with Gasteiger partial charge in [0.15, 0.2) is 0 Å². The molecular formula is C11H16N2O2. The molecule has 0 unspecified atom stereocenters. The van der Waals surface area contributed by atoms with Gasteiger partial charge >= 0.3 is 6.03 Å². The Morgan fingerprint density at radius 2 is 2.13 bits per heavy atom. The van der Waals surface area contributed by atoms with E-state index in [1.165, 1.54) is 12.7 Å². The van der Waals surface area contributed by atoms with E-state index in [2.05, 4.69) is 29.5 Å². The van der Waals surface area contributed by atoms with Crippen molar-refractivity contribution in [3.8, 4) is 0 Å². The van der Waals surface area contributed by atoms with Gasteiger partial charge in [-0.15, -0.1) is 0 Å². The van der Waals surface area contributed by atoms with Crippen molar-refractivity contribution in [1.82, 2.24) is 5.48 Å². The van der Waals surface area contributed by atoms with Crippen LogP contribution in [0.25, 0.3) is 0 Å². The molecule has 0 aliphatic carbocycles. The summed E-state index contributed by atoms with van der Waals surface area (Å²) in [6.07, 6.45) is 0. The van der Waals surface area contributed by atoms with Crippen LogP contribution >= 0.6 is 0 Å². The van der Waals surface area contributed by atoms with E-state index in [1.807, 2.05) is 24.3 Å². The van der Waals surface area contributed by atoms with Crippen LogP contribution in [-0.4, -0.2) is 13.1 Å². The van der Waals surface area contributed by atoms with Crippen molar-refractivity contribution in [3.05, 3.63) is 29.8 Å². The number of carbonyl (C=O) groups excluding carboxylic acids is 1. The summed E-state index contributed by atoms with van der Waals surface area (Å²) in [5, 5.41) is 2.66. The Morgan fingerprint density at radius 1 is 1.40 bits per heavy atom. The minimum absolute atomic E-state index is 0.376. The fourth-order valence-corrected chi connectivity index (χ4v) is 1.22. The van der Waals surface area contributed by atoms with Crippen LogP contribution in [0, 0.1) is 0 Å². The van der Waals surface area contributed by atoms with Gasteiger partial charge in [0.05, 0.1) is 7.11 Å². The number of amides is 2. The first-order chi connectivity index (χ1) is 7.13. The summed E-state index contributed by atoms with van der Waals surface area (Å²) in [5.41, 5.74) is 4.14. The molecule has 15 heavy (non-hydrogen) atoms. The largest absolute Gasteiger partial charge is 0.343 e. The predicted octanol–water partition coefficient (Wildman–Crippen LogP) is 2.49. The predicted molar refractivity (Wildman–Crippen MR) is 59.7 cm³/mol. The monoisotopic (exact) mass is 208 g/mol. The smallest absolute Gasteiger partial charge is 0.306 e. The fourth-order valence-electron chi connectivity index (χ4n) is 1.22. The molecule has 0 aromatic heterocycles. The highest BCUT2D eigenvalue weighted by Crippen LogP contribution is 2.18. The van der Waals surface area contributed by atoms with E-state index in [4.69, 9.17) is 0 Å². The van der Waals surface area contributed by atoms with Crippen LogP contribution in [0.1, 0.15) is 25.3 Å². The molecule has 4 heteroatoms. The van der Waals surface area contributed by atoms with Gasteiger partial charge in [0.25, 0.3) is 0 Å². The average Bonchev–Trinajstić information content (AvgIpc) is 2.18. The molecule has 0 aliphatic heterocycles. The zero-order valence-corrected chi connectivity index (χ0v) is 9.20. The van der Waals surface area contributed by atoms with Crippen LogP contribution in [0.5, 0.6) is 0 Å². The lowest BCUT2D eigenvalue weighted by Crippen LogP contribution is -2.27. The summed E-state index contributed by atoms with van der Waals surface area (Å²) < 4.78 is 0. The summed E-state index contributed by atoms with van der Waals surface area (Å²) in [6, 6.07) is 7.35. The summed E-state index contributed by atoms with van der Waals surface area (Å²) in [6.45, 7) is 4.21. The Hall–Kier alpha value is -1.55. The van der Waals surface area contributed by atoms with Gasteiger partial charge in [-0.05, 0) is 23.6 Å². The van der Waals surface area contributed by atoms with Crippen molar-refractivity contribution in [1.29, 1.82) is 0 Å². The van der Waals surface area contributed by atoms with Crippen LogP contribution in [0.15, 0.2) is 24.3 Å². The van der Waals surface area contributed by atoms with E-state index >= 15 is 0 Å². The molecule has 2 N–H and O–H groups in total. The van der Waals surface area contributed by atoms with E-state index in [1.54, 1.807) is 0 Å². The number of anilines is 1. The van der Waals surface area contributed by atoms with Gasteiger partial charge in [0.2, 0.25) is 0 Å². The van der Waals surface area contributed by atoms with Crippen molar-refractivity contribution < 1.29 is 9.63 Å². The summed E-state index contributed by atoms with van der Waals surface area (Å²) >= 11 is 0. The van der Waals surface area contributed by atoms with Crippen molar-refractivity contribution in [3.63, 3.8) is 0 Å². The molecule has 4 nitrogen and oxygen atoms in total. The molecule has 0 atom stereocenters. The van der Waals surface area contributed by atoms with E-state index < -0.39 is 0 Å². The maximum atomic E-state index is 11.1. The topological polar surface area (TPSA) is 50.4 Å². The molecule has 2 amide bonds. The molecule has 0 heterocycles. The highest BCUT2D eigenvalue weighted by atomic mass is 16.6. The van der Waals surface area contributed by atoms with Crippen molar-refractivity contribution in [2.45, 2.75) is 19.8 Å². The van der Waals surface area contributed by atoms with Gasteiger partial charge in [-0.3, -0.25) is 4.84 Å². The number of hydroxylamine groups is 1. The SMILES string of the molecule is CONC(=O)Nc1cccc(C(C)C)c1. The molecule has 1 aromatic rings. The lowest BCUT2D eigenvalue weighted by atomic mass is 10.0. The second-order valence-electron chi connectivity index (χ2n) is 3.54. The Balaban J connectivity index is 2.69. The zero-order chi connectivity index (χ0) is 11.3. The molecule has 1 aromatic carbocycles. The van der Waals surface area contributed by atoms with E-state index in [9.17, 15) is 4.79 Å². The van der Waals surface area contributed by atoms with Gasteiger partial charge in [-0.1, -0.05) is 26.0 Å². The third-order valence-corrected chi connectivity index (χ3v) is 2.01. The van der Waals surface area contributed by atoms with Crippen molar-refractivity contribution in [2.24, 2.45) is 0 Å². The van der Waals surface area contributed by atoms with Crippen LogP contribution < -0.4 is 10.8 Å². The normalized spacial score (nSPS) is 10.1. The maximum absolute atomic E-state index is 11.1. The van der Waals surface area contributed by atoms with Gasteiger partial charge in [0, 0.05) is 5.69 Å². The molecule has 0 saturated carbocycles. The average molecular weight is 208 g/mol. The van der Waals surface area contributed by atoms with Gasteiger partial charge in [0.1, 0.15) is 0 Å². The van der Waals surface area contributed by atoms with Crippen molar-refractivity contribution in [2.75, 3.05) is 12.4 Å². The molecular weight excluding hydrogens is 192 g/mol. The van der Waals surface area contributed by atoms with E-state index in [0.29, 0.717) is 5.92 Å². The number of hydrogen-bond acceptors (Lipinski definition) is 2. The first kappa shape index (κ1) is 11.5. The van der Waals surface area contributed by atoms with E-state index in [-0.39, 0.29) is 6.03 Å². The van der Waals surface area contributed by atoms with Crippen LogP contribution in [-0.2, 0) is 4.84 Å². The van der Waals surface area contributed by atoms with Crippen LogP contribution in [0.3, 0.4) is 0 Å². The Morgan fingerprint density at radius 3 is 2.73 bits per heavy atom. The zero-order valence-electron chi connectivity index (χ0n) is 9.20. The second-order valence-corrected chi connectivity index (χ2v) is 3.54.